The molecule has 2 saturated carbocycles. The van der Waals surface area contributed by atoms with Crippen LogP contribution in [-0.2, 0) is 14.9 Å². The van der Waals surface area contributed by atoms with Crippen LogP contribution < -0.4 is 14.4 Å². The number of ketones is 1. The highest BCUT2D eigenvalue weighted by molar-refractivity contribution is 5.99. The number of hydrogen-bond acceptors (Lipinski definition) is 6. The number of hydrogen-bond donors (Lipinski definition) is 0. The molecule has 1 amide bonds. The zero-order valence-electron chi connectivity index (χ0n) is 16.5. The summed E-state index contributed by atoms with van der Waals surface area (Å²) in [7, 11) is 1.43. The van der Waals surface area contributed by atoms with E-state index in [1.165, 1.54) is 7.11 Å². The molecule has 1 unspecified atom stereocenters. The highest BCUT2D eigenvalue weighted by Crippen LogP contribution is 2.71. The van der Waals surface area contributed by atoms with Crippen LogP contribution in [0.2, 0.25) is 0 Å². The van der Waals surface area contributed by atoms with Gasteiger partial charge >= 0.3 is 6.09 Å². The molecule has 1 aromatic carbocycles. The molecule has 0 radical (unpaired) electrons. The number of anilines is 1. The Morgan fingerprint density at radius 3 is 3.03 bits per heavy atom. The van der Waals surface area contributed by atoms with Gasteiger partial charge < -0.3 is 14.2 Å². The van der Waals surface area contributed by atoms with Gasteiger partial charge in [-0.1, -0.05) is 6.07 Å². The average molecular weight is 396 g/mol. The first-order valence-electron chi connectivity index (χ1n) is 10.7. The number of methoxy groups -OCH3 is 1. The van der Waals surface area contributed by atoms with Crippen molar-refractivity contribution in [2.45, 2.75) is 49.6 Å². The molecule has 2 saturated heterocycles. The van der Waals surface area contributed by atoms with E-state index in [0.29, 0.717) is 29.7 Å². The molecule has 152 valence electrons. The van der Waals surface area contributed by atoms with Gasteiger partial charge in [0.05, 0.1) is 18.8 Å². The average Bonchev–Trinajstić information content (AvgIpc) is 3.39. The standard InChI is InChI=1S/C22H24N2O5/c1-27-20(26)24-16-5-7-21-6-2-8-23-10-13(14(25)9-21)22(16,19(21)23)12-3-4-15-18(17(12)24)29-11-28-15/h3-4,13,16,19H,2,5-11H2,1H3/t13-,16?,19+,21-,22-/m1/s1. The molecular formula is C22H24N2O5. The molecule has 1 aromatic rings. The maximum atomic E-state index is 13.5. The Hall–Kier alpha value is -2.28. The molecule has 1 spiro atoms. The fraction of sp³-hybridized carbons (Fsp3) is 0.636. The number of ether oxygens (including phenoxy) is 3. The fourth-order valence-electron chi connectivity index (χ4n) is 8.20. The Morgan fingerprint density at radius 1 is 1.28 bits per heavy atom. The van der Waals surface area contributed by atoms with E-state index in [9.17, 15) is 9.59 Å². The summed E-state index contributed by atoms with van der Waals surface area (Å²) in [5.74, 6) is 1.60. The third-order valence-electron chi connectivity index (χ3n) is 8.80. The maximum absolute atomic E-state index is 13.5. The summed E-state index contributed by atoms with van der Waals surface area (Å²) < 4.78 is 16.7. The van der Waals surface area contributed by atoms with Crippen LogP contribution in [0.5, 0.6) is 11.5 Å². The Morgan fingerprint density at radius 2 is 2.17 bits per heavy atom. The van der Waals surface area contributed by atoms with Crippen molar-refractivity contribution in [1.82, 2.24) is 4.90 Å². The number of carbonyl (C=O) groups excluding carboxylic acids is 2. The summed E-state index contributed by atoms with van der Waals surface area (Å²) in [5.41, 5.74) is 1.55. The van der Waals surface area contributed by atoms with Gasteiger partial charge in [-0.2, -0.15) is 0 Å². The van der Waals surface area contributed by atoms with E-state index in [1.807, 2.05) is 6.07 Å². The monoisotopic (exact) mass is 396 g/mol. The quantitative estimate of drug-likeness (QED) is 0.671. The van der Waals surface area contributed by atoms with Gasteiger partial charge in [-0.15, -0.1) is 0 Å². The topological polar surface area (TPSA) is 68.3 Å². The Balaban J connectivity index is 1.55. The summed E-state index contributed by atoms with van der Waals surface area (Å²) in [6.45, 7) is 2.01. The van der Waals surface area contributed by atoms with Gasteiger partial charge in [0.15, 0.2) is 11.5 Å². The number of benzene rings is 1. The lowest BCUT2D eigenvalue weighted by atomic mass is 9.45. The molecule has 4 bridgehead atoms. The molecule has 7 rings (SSSR count). The van der Waals surface area contributed by atoms with Crippen LogP contribution in [0.25, 0.3) is 0 Å². The van der Waals surface area contributed by atoms with Crippen molar-refractivity contribution in [3.63, 3.8) is 0 Å². The summed E-state index contributed by atoms with van der Waals surface area (Å²) in [4.78, 5) is 30.9. The highest BCUT2D eigenvalue weighted by Gasteiger charge is 2.76. The molecule has 29 heavy (non-hydrogen) atoms. The first kappa shape index (κ1) is 16.5. The fourth-order valence-corrected chi connectivity index (χ4v) is 8.20. The van der Waals surface area contributed by atoms with Crippen molar-refractivity contribution in [2.75, 3.05) is 31.9 Å². The Labute approximate surface area is 168 Å². The summed E-state index contributed by atoms with van der Waals surface area (Å²) in [6, 6.07) is 4.28. The van der Waals surface area contributed by atoms with Crippen molar-refractivity contribution in [3.8, 4) is 11.5 Å². The van der Waals surface area contributed by atoms with E-state index in [4.69, 9.17) is 14.2 Å². The van der Waals surface area contributed by atoms with Crippen LogP contribution in [0.4, 0.5) is 10.5 Å². The van der Waals surface area contributed by atoms with E-state index < -0.39 is 0 Å². The van der Waals surface area contributed by atoms with Gasteiger partial charge in [0, 0.05) is 30.3 Å². The van der Waals surface area contributed by atoms with Crippen molar-refractivity contribution in [1.29, 1.82) is 0 Å². The SMILES string of the molecule is COC(=O)N1c2c(ccc3c2OCO3)[C@]23C1CC[C@]14CCCN(C[C@@H]2C(=O)C1)[C@@H]43. The summed E-state index contributed by atoms with van der Waals surface area (Å²) in [6.07, 6.45) is 4.48. The van der Waals surface area contributed by atoms with Crippen LogP contribution in [0.3, 0.4) is 0 Å². The lowest BCUT2D eigenvalue weighted by molar-refractivity contribution is -0.138. The van der Waals surface area contributed by atoms with Crippen LogP contribution in [0.1, 0.15) is 37.7 Å². The molecule has 5 atom stereocenters. The number of rotatable bonds is 0. The number of piperidine rings is 1. The molecule has 0 aromatic heterocycles. The number of Topliss-reactive ketones (excluding diaryl/α,β-unsaturated/α-hetero) is 1. The van der Waals surface area contributed by atoms with Crippen molar-refractivity contribution >= 4 is 17.6 Å². The largest absolute Gasteiger partial charge is 0.454 e. The number of carbonyl (C=O) groups is 2. The lowest BCUT2D eigenvalue weighted by Crippen LogP contribution is -2.69. The minimum Gasteiger partial charge on any atom is -0.454 e. The smallest absolute Gasteiger partial charge is 0.414 e. The van der Waals surface area contributed by atoms with Crippen molar-refractivity contribution < 1.29 is 23.8 Å². The molecule has 4 heterocycles. The third-order valence-corrected chi connectivity index (χ3v) is 8.80. The van der Waals surface area contributed by atoms with Crippen LogP contribution in [0, 0.1) is 11.3 Å². The van der Waals surface area contributed by atoms with Crippen LogP contribution >= 0.6 is 0 Å². The summed E-state index contributed by atoms with van der Waals surface area (Å²) >= 11 is 0. The maximum Gasteiger partial charge on any atom is 0.414 e. The van der Waals surface area contributed by atoms with E-state index in [2.05, 4.69) is 11.0 Å². The lowest BCUT2D eigenvalue weighted by Gasteiger charge is -2.61. The molecule has 4 fully saturated rings. The molecule has 2 aliphatic carbocycles. The molecule has 7 nitrogen and oxygen atoms in total. The van der Waals surface area contributed by atoms with Gasteiger partial charge in [-0.05, 0) is 49.3 Å². The van der Waals surface area contributed by atoms with Crippen molar-refractivity contribution in [2.24, 2.45) is 11.3 Å². The summed E-state index contributed by atoms with van der Waals surface area (Å²) in [5, 5.41) is 0. The zero-order valence-corrected chi connectivity index (χ0v) is 16.5. The van der Waals surface area contributed by atoms with E-state index >= 15 is 0 Å². The molecular weight excluding hydrogens is 372 g/mol. The number of nitrogens with zero attached hydrogens (tertiary/aromatic N) is 2. The number of amides is 1. The zero-order chi connectivity index (χ0) is 19.5. The van der Waals surface area contributed by atoms with Crippen LogP contribution in [0.15, 0.2) is 12.1 Å². The second-order valence-corrected chi connectivity index (χ2v) is 9.58. The molecule has 4 aliphatic heterocycles. The van der Waals surface area contributed by atoms with Gasteiger partial charge in [-0.25, -0.2) is 4.79 Å². The first-order chi connectivity index (χ1) is 14.1. The minimum absolute atomic E-state index is 0.0403. The predicted octanol–water partition coefficient (Wildman–Crippen LogP) is 2.46. The van der Waals surface area contributed by atoms with Crippen molar-refractivity contribution in [3.05, 3.63) is 17.7 Å². The minimum atomic E-state index is -0.370. The molecule has 6 aliphatic rings. The second kappa shape index (κ2) is 5.06. The predicted molar refractivity (Wildman–Crippen MR) is 102 cm³/mol. The number of fused-ring (bicyclic) bond motifs is 3. The second-order valence-electron chi connectivity index (χ2n) is 9.58. The Bertz CT molecular complexity index is 978. The molecule has 0 N–H and O–H groups in total. The van der Waals surface area contributed by atoms with E-state index in [0.717, 1.165) is 50.0 Å². The van der Waals surface area contributed by atoms with Gasteiger partial charge in [-0.3, -0.25) is 14.6 Å². The normalized spacial score (nSPS) is 40.7. The molecule has 7 heteroatoms. The Kier molecular flexibility index (Phi) is 2.88. The third kappa shape index (κ3) is 1.61. The van der Waals surface area contributed by atoms with E-state index in [-0.39, 0.29) is 35.7 Å². The van der Waals surface area contributed by atoms with E-state index in [1.54, 1.807) is 4.90 Å². The van der Waals surface area contributed by atoms with Gasteiger partial charge in [0.1, 0.15) is 5.78 Å². The first-order valence-corrected chi connectivity index (χ1v) is 10.7. The van der Waals surface area contributed by atoms with Gasteiger partial charge in [0.2, 0.25) is 6.79 Å². The van der Waals surface area contributed by atoms with Crippen LogP contribution in [-0.4, -0.2) is 55.9 Å². The highest BCUT2D eigenvalue weighted by atomic mass is 16.7. The van der Waals surface area contributed by atoms with Gasteiger partial charge in [0.25, 0.3) is 0 Å².